The fourth-order valence-electron chi connectivity index (χ4n) is 2.80. The van der Waals surface area contributed by atoms with Gasteiger partial charge in [-0.15, -0.1) is 0 Å². The summed E-state index contributed by atoms with van der Waals surface area (Å²) >= 11 is 0. The number of para-hydroxylation sites is 1. The van der Waals surface area contributed by atoms with Crippen LogP contribution in [0.25, 0.3) is 0 Å². The molecule has 2 nitrogen and oxygen atoms in total. The van der Waals surface area contributed by atoms with Crippen LogP contribution in [0.5, 0.6) is 0 Å². The fourth-order valence-corrected chi connectivity index (χ4v) is 2.80. The van der Waals surface area contributed by atoms with E-state index in [4.69, 9.17) is 0 Å². The van der Waals surface area contributed by atoms with Crippen molar-refractivity contribution < 1.29 is 0 Å². The number of anilines is 2. The molecule has 2 rings (SSSR count). The maximum absolute atomic E-state index is 3.46. The number of nitrogens with one attached hydrogen (secondary N) is 2. The lowest BCUT2D eigenvalue weighted by atomic mass is 10.00. The van der Waals surface area contributed by atoms with Crippen molar-refractivity contribution in [1.82, 2.24) is 0 Å². The second kappa shape index (κ2) is 6.66. The maximum Gasteiger partial charge on any atom is 0.0603 e. The van der Waals surface area contributed by atoms with Gasteiger partial charge in [-0.1, -0.05) is 49.7 Å². The molecule has 21 heavy (non-hydrogen) atoms. The Hall–Kier alpha value is -1.96. The van der Waals surface area contributed by atoms with Gasteiger partial charge in [-0.05, 0) is 55.9 Å². The smallest absolute Gasteiger partial charge is 0.0603 e. The van der Waals surface area contributed by atoms with Crippen molar-refractivity contribution in [2.24, 2.45) is 0 Å². The van der Waals surface area contributed by atoms with Crippen molar-refractivity contribution in [2.75, 3.05) is 10.9 Å². The summed E-state index contributed by atoms with van der Waals surface area (Å²) in [6.07, 6.45) is 2.07. The van der Waals surface area contributed by atoms with E-state index in [0.717, 1.165) is 12.8 Å². The minimum atomic E-state index is 1.03. The first-order chi connectivity index (χ1) is 10.1. The molecule has 2 N–H and O–H groups in total. The quantitative estimate of drug-likeness (QED) is 0.739. The molecule has 2 aromatic carbocycles. The summed E-state index contributed by atoms with van der Waals surface area (Å²) in [7, 11) is 0. The zero-order chi connectivity index (χ0) is 15.4. The van der Waals surface area contributed by atoms with E-state index in [2.05, 4.69) is 75.8 Å². The van der Waals surface area contributed by atoms with Crippen LogP contribution in [0.4, 0.5) is 11.4 Å². The molecule has 2 aromatic rings. The van der Waals surface area contributed by atoms with Crippen LogP contribution in [0.2, 0.25) is 0 Å². The van der Waals surface area contributed by atoms with Crippen LogP contribution in [-0.2, 0) is 12.8 Å². The Bertz CT molecular complexity index is 584. The van der Waals surface area contributed by atoms with Gasteiger partial charge in [0.05, 0.1) is 11.4 Å². The van der Waals surface area contributed by atoms with E-state index in [-0.39, 0.29) is 0 Å². The third-order valence-corrected chi connectivity index (χ3v) is 4.00. The van der Waals surface area contributed by atoms with E-state index in [1.54, 1.807) is 0 Å². The molecule has 0 aromatic heterocycles. The van der Waals surface area contributed by atoms with Gasteiger partial charge in [-0.3, -0.25) is 0 Å². The number of hydrazine groups is 1. The summed E-state index contributed by atoms with van der Waals surface area (Å²) in [6.45, 7) is 10.8. The van der Waals surface area contributed by atoms with Crippen LogP contribution >= 0.6 is 0 Å². The summed E-state index contributed by atoms with van der Waals surface area (Å²) in [5, 5.41) is 0. The highest BCUT2D eigenvalue weighted by Gasteiger charge is 2.08. The van der Waals surface area contributed by atoms with Crippen LogP contribution in [-0.4, -0.2) is 0 Å². The zero-order valence-corrected chi connectivity index (χ0v) is 13.8. The summed E-state index contributed by atoms with van der Waals surface area (Å²) < 4.78 is 0. The van der Waals surface area contributed by atoms with Crippen LogP contribution in [0.15, 0.2) is 30.3 Å². The third-order valence-electron chi connectivity index (χ3n) is 4.00. The topological polar surface area (TPSA) is 24.1 Å². The SMILES string of the molecule is CCc1cc(C)cc(CC)c1NNc1c(C)cccc1C. The van der Waals surface area contributed by atoms with Crippen LogP contribution < -0.4 is 10.9 Å². The first-order valence-electron chi connectivity index (χ1n) is 7.77. The van der Waals surface area contributed by atoms with Gasteiger partial charge in [-0.2, -0.15) is 0 Å². The predicted molar refractivity (Wildman–Crippen MR) is 93.1 cm³/mol. The van der Waals surface area contributed by atoms with Gasteiger partial charge in [0.2, 0.25) is 0 Å². The highest BCUT2D eigenvalue weighted by molar-refractivity contribution is 5.65. The number of benzene rings is 2. The number of rotatable bonds is 5. The van der Waals surface area contributed by atoms with Gasteiger partial charge < -0.3 is 10.9 Å². The zero-order valence-electron chi connectivity index (χ0n) is 13.8. The maximum atomic E-state index is 3.46. The van der Waals surface area contributed by atoms with E-state index in [9.17, 15) is 0 Å². The van der Waals surface area contributed by atoms with Crippen molar-refractivity contribution in [2.45, 2.75) is 47.5 Å². The van der Waals surface area contributed by atoms with Gasteiger partial charge in [-0.25, -0.2) is 0 Å². The van der Waals surface area contributed by atoms with Gasteiger partial charge in [0, 0.05) is 0 Å². The second-order valence-electron chi connectivity index (χ2n) is 5.68. The van der Waals surface area contributed by atoms with Crippen LogP contribution in [0.3, 0.4) is 0 Å². The minimum Gasteiger partial charge on any atom is -0.300 e. The number of hydrogen-bond donors (Lipinski definition) is 2. The molecule has 0 aliphatic rings. The third kappa shape index (κ3) is 3.38. The minimum absolute atomic E-state index is 1.03. The standard InChI is InChI=1S/C19H26N2/c1-6-16-11-13(3)12-17(7-2)19(16)21-20-18-14(4)9-8-10-15(18)5/h8-12,20-21H,6-7H2,1-5H3. The molecule has 0 aliphatic heterocycles. The monoisotopic (exact) mass is 282 g/mol. The lowest BCUT2D eigenvalue weighted by Crippen LogP contribution is -2.14. The molecule has 0 saturated heterocycles. The second-order valence-corrected chi connectivity index (χ2v) is 5.68. The molecule has 0 unspecified atom stereocenters. The molecule has 0 saturated carbocycles. The average molecular weight is 282 g/mol. The molecule has 0 aliphatic carbocycles. The Labute approximate surface area is 128 Å². The normalized spacial score (nSPS) is 10.5. The van der Waals surface area contributed by atoms with Gasteiger partial charge in [0.25, 0.3) is 0 Å². The first kappa shape index (κ1) is 15.4. The average Bonchev–Trinajstić information content (AvgIpc) is 2.47. The number of hydrogen-bond acceptors (Lipinski definition) is 2. The summed E-state index contributed by atoms with van der Waals surface area (Å²) in [4.78, 5) is 0. The molecular formula is C19H26N2. The van der Waals surface area contributed by atoms with E-state index >= 15 is 0 Å². The van der Waals surface area contributed by atoms with Crippen molar-refractivity contribution >= 4 is 11.4 Å². The van der Waals surface area contributed by atoms with E-state index in [1.165, 1.54) is 39.2 Å². The molecule has 0 fully saturated rings. The first-order valence-corrected chi connectivity index (χ1v) is 7.77. The van der Waals surface area contributed by atoms with E-state index in [0.29, 0.717) is 0 Å². The van der Waals surface area contributed by atoms with Gasteiger partial charge in [0.15, 0.2) is 0 Å². The van der Waals surface area contributed by atoms with Crippen molar-refractivity contribution in [3.05, 3.63) is 58.1 Å². The Kier molecular flexibility index (Phi) is 4.89. The Morgan fingerprint density at radius 1 is 0.762 bits per heavy atom. The highest BCUT2D eigenvalue weighted by atomic mass is 15.4. The van der Waals surface area contributed by atoms with Crippen LogP contribution in [0, 0.1) is 20.8 Å². The lowest BCUT2D eigenvalue weighted by molar-refractivity contribution is 1.07. The lowest BCUT2D eigenvalue weighted by Gasteiger charge is -2.20. The van der Waals surface area contributed by atoms with E-state index < -0.39 is 0 Å². The Morgan fingerprint density at radius 2 is 1.24 bits per heavy atom. The van der Waals surface area contributed by atoms with Crippen LogP contribution in [0.1, 0.15) is 41.7 Å². The molecular weight excluding hydrogens is 256 g/mol. The van der Waals surface area contributed by atoms with Gasteiger partial charge in [0.1, 0.15) is 0 Å². The molecule has 0 heterocycles. The Morgan fingerprint density at radius 3 is 1.71 bits per heavy atom. The molecule has 0 spiro atoms. The molecule has 2 heteroatoms. The molecule has 0 bridgehead atoms. The molecule has 0 atom stereocenters. The van der Waals surface area contributed by atoms with Crippen molar-refractivity contribution in [1.29, 1.82) is 0 Å². The van der Waals surface area contributed by atoms with Gasteiger partial charge >= 0.3 is 0 Å². The fraction of sp³-hybridized carbons (Fsp3) is 0.368. The highest BCUT2D eigenvalue weighted by Crippen LogP contribution is 2.26. The summed E-state index contributed by atoms with van der Waals surface area (Å²) in [5.74, 6) is 0. The number of aryl methyl sites for hydroxylation is 5. The van der Waals surface area contributed by atoms with Crippen molar-refractivity contribution in [3.63, 3.8) is 0 Å². The summed E-state index contributed by atoms with van der Waals surface area (Å²) in [6, 6.07) is 10.9. The van der Waals surface area contributed by atoms with E-state index in [1.807, 2.05) is 0 Å². The molecule has 0 radical (unpaired) electrons. The summed E-state index contributed by atoms with van der Waals surface area (Å²) in [5.41, 5.74) is 15.9. The predicted octanol–water partition coefficient (Wildman–Crippen LogP) is 5.18. The Balaban J connectivity index is 2.31. The largest absolute Gasteiger partial charge is 0.300 e. The van der Waals surface area contributed by atoms with Crippen molar-refractivity contribution in [3.8, 4) is 0 Å². The molecule has 112 valence electrons. The molecule has 0 amide bonds.